The Balaban J connectivity index is 0.00000364. The van der Waals surface area contributed by atoms with Crippen molar-refractivity contribution in [1.29, 1.82) is 0 Å². The number of hydrogen-bond acceptors (Lipinski definition) is 3. The van der Waals surface area contributed by atoms with E-state index in [2.05, 4.69) is 40.0 Å². The average molecular weight is 485 g/mol. The molecule has 27 heavy (non-hydrogen) atoms. The molecule has 6 nitrogen and oxygen atoms in total. The average Bonchev–Trinajstić information content (AvgIpc) is 3.13. The SMILES string of the molecule is CCNC(=NCc1cccc(C(=O)NCCN(C)C)c1)NC1CC=CC1.I. The minimum absolute atomic E-state index is 0. The molecule has 0 atom stereocenters. The molecule has 0 saturated carbocycles. The summed E-state index contributed by atoms with van der Waals surface area (Å²) in [5.41, 5.74) is 1.70. The highest BCUT2D eigenvalue weighted by atomic mass is 127. The van der Waals surface area contributed by atoms with E-state index in [-0.39, 0.29) is 29.9 Å². The number of nitrogens with zero attached hydrogens (tertiary/aromatic N) is 2. The van der Waals surface area contributed by atoms with Crippen molar-refractivity contribution in [3.63, 3.8) is 0 Å². The van der Waals surface area contributed by atoms with Crippen LogP contribution in [0.5, 0.6) is 0 Å². The van der Waals surface area contributed by atoms with Gasteiger partial charge in [-0.3, -0.25) is 4.79 Å². The molecular formula is C20H32IN5O. The van der Waals surface area contributed by atoms with E-state index in [1.165, 1.54) is 0 Å². The number of benzene rings is 1. The third-order valence-corrected chi connectivity index (χ3v) is 4.15. The molecule has 0 aliphatic heterocycles. The predicted octanol–water partition coefficient (Wildman–Crippen LogP) is 2.37. The highest BCUT2D eigenvalue weighted by Crippen LogP contribution is 2.10. The molecule has 150 valence electrons. The molecule has 0 fully saturated rings. The van der Waals surface area contributed by atoms with Gasteiger partial charge in [0.15, 0.2) is 5.96 Å². The zero-order valence-corrected chi connectivity index (χ0v) is 18.8. The number of nitrogens with one attached hydrogen (secondary N) is 3. The van der Waals surface area contributed by atoms with Crippen LogP contribution in [0.2, 0.25) is 0 Å². The van der Waals surface area contributed by atoms with E-state index in [9.17, 15) is 4.79 Å². The Kier molecular flexibility index (Phi) is 11.0. The molecule has 1 aliphatic rings. The van der Waals surface area contributed by atoms with Crippen molar-refractivity contribution < 1.29 is 4.79 Å². The molecule has 1 aromatic carbocycles. The number of carbonyl (C=O) groups is 1. The van der Waals surface area contributed by atoms with E-state index in [1.54, 1.807) is 0 Å². The Labute approximate surface area is 179 Å². The lowest BCUT2D eigenvalue weighted by atomic mass is 10.1. The maximum atomic E-state index is 12.3. The Morgan fingerprint density at radius 3 is 2.63 bits per heavy atom. The number of guanidine groups is 1. The zero-order chi connectivity index (χ0) is 18.8. The molecule has 0 spiro atoms. The fourth-order valence-corrected chi connectivity index (χ4v) is 2.72. The molecule has 1 aliphatic carbocycles. The van der Waals surface area contributed by atoms with E-state index in [1.807, 2.05) is 43.3 Å². The quantitative estimate of drug-likeness (QED) is 0.229. The fourth-order valence-electron chi connectivity index (χ4n) is 2.72. The first-order valence-corrected chi connectivity index (χ1v) is 9.30. The minimum Gasteiger partial charge on any atom is -0.357 e. The molecule has 0 unspecified atom stereocenters. The summed E-state index contributed by atoms with van der Waals surface area (Å²) in [7, 11) is 3.98. The number of rotatable bonds is 8. The lowest BCUT2D eigenvalue weighted by molar-refractivity contribution is 0.0951. The smallest absolute Gasteiger partial charge is 0.251 e. The summed E-state index contributed by atoms with van der Waals surface area (Å²) in [4.78, 5) is 19.0. The van der Waals surface area contributed by atoms with E-state index >= 15 is 0 Å². The van der Waals surface area contributed by atoms with Gasteiger partial charge in [-0.15, -0.1) is 24.0 Å². The van der Waals surface area contributed by atoms with Gasteiger partial charge in [-0.25, -0.2) is 4.99 Å². The summed E-state index contributed by atoms with van der Waals surface area (Å²) < 4.78 is 0. The van der Waals surface area contributed by atoms with E-state index in [4.69, 9.17) is 0 Å². The molecule has 1 amide bonds. The molecule has 2 rings (SSSR count). The van der Waals surface area contributed by atoms with Crippen molar-refractivity contribution in [1.82, 2.24) is 20.9 Å². The number of hydrogen-bond donors (Lipinski definition) is 3. The molecule has 0 radical (unpaired) electrons. The minimum atomic E-state index is -0.0419. The lowest BCUT2D eigenvalue weighted by Crippen LogP contribution is -2.42. The van der Waals surface area contributed by atoms with Gasteiger partial charge in [0.2, 0.25) is 0 Å². The Bertz CT molecular complexity index is 637. The topological polar surface area (TPSA) is 68.8 Å². The van der Waals surface area contributed by atoms with Gasteiger partial charge >= 0.3 is 0 Å². The van der Waals surface area contributed by atoms with Gasteiger partial charge in [0.25, 0.3) is 5.91 Å². The second-order valence-electron chi connectivity index (χ2n) is 6.74. The largest absolute Gasteiger partial charge is 0.357 e. The number of carbonyl (C=O) groups excluding carboxylic acids is 1. The Morgan fingerprint density at radius 2 is 1.96 bits per heavy atom. The van der Waals surface area contributed by atoms with Crippen molar-refractivity contribution in [2.75, 3.05) is 33.7 Å². The molecule has 7 heteroatoms. The summed E-state index contributed by atoms with van der Waals surface area (Å²) >= 11 is 0. The summed E-state index contributed by atoms with van der Waals surface area (Å²) in [5, 5.41) is 9.68. The number of likely N-dealkylation sites (N-methyl/N-ethyl adjacent to an activating group) is 1. The van der Waals surface area contributed by atoms with Crippen LogP contribution < -0.4 is 16.0 Å². The van der Waals surface area contributed by atoms with Crippen molar-refractivity contribution in [2.24, 2.45) is 4.99 Å². The van der Waals surface area contributed by atoms with Crippen LogP contribution >= 0.6 is 24.0 Å². The van der Waals surface area contributed by atoms with Crippen molar-refractivity contribution in [2.45, 2.75) is 32.4 Å². The van der Waals surface area contributed by atoms with Gasteiger partial charge in [0.05, 0.1) is 6.54 Å². The summed E-state index contributed by atoms with van der Waals surface area (Å²) in [5.74, 6) is 0.779. The number of amides is 1. The maximum Gasteiger partial charge on any atom is 0.251 e. The molecular weight excluding hydrogens is 453 g/mol. The van der Waals surface area contributed by atoms with Gasteiger partial charge in [-0.05, 0) is 51.6 Å². The van der Waals surface area contributed by atoms with Gasteiger partial charge < -0.3 is 20.9 Å². The van der Waals surface area contributed by atoms with E-state index in [0.29, 0.717) is 24.7 Å². The van der Waals surface area contributed by atoms with Gasteiger partial charge in [0.1, 0.15) is 0 Å². The maximum absolute atomic E-state index is 12.3. The molecule has 0 aromatic heterocycles. The second kappa shape index (κ2) is 12.7. The third kappa shape index (κ3) is 8.75. The normalized spacial score (nSPS) is 14.1. The van der Waals surface area contributed by atoms with Crippen LogP contribution in [-0.2, 0) is 6.54 Å². The first-order chi connectivity index (χ1) is 12.6. The van der Waals surface area contributed by atoms with E-state index in [0.717, 1.165) is 37.5 Å². The van der Waals surface area contributed by atoms with Crippen LogP contribution in [0.4, 0.5) is 0 Å². The third-order valence-electron chi connectivity index (χ3n) is 4.15. The highest BCUT2D eigenvalue weighted by molar-refractivity contribution is 14.0. The second-order valence-corrected chi connectivity index (χ2v) is 6.74. The summed E-state index contributed by atoms with van der Waals surface area (Å²) in [6.07, 6.45) is 6.46. The number of halogens is 1. The standard InChI is InChI=1S/C20H31N5O.HI/c1-4-21-20(24-18-10-5-6-11-18)23-15-16-8-7-9-17(14-16)19(26)22-12-13-25(2)3;/h5-9,14,18H,4,10-13,15H2,1-3H3,(H,22,26)(H2,21,23,24);1H. The zero-order valence-electron chi connectivity index (χ0n) is 16.5. The Morgan fingerprint density at radius 1 is 1.22 bits per heavy atom. The molecule has 3 N–H and O–H groups in total. The Hall–Kier alpha value is -1.61. The monoisotopic (exact) mass is 485 g/mol. The predicted molar refractivity (Wildman–Crippen MR) is 123 cm³/mol. The number of aliphatic imine (C=N–C) groups is 1. The van der Waals surface area contributed by atoms with Crippen LogP contribution in [0.25, 0.3) is 0 Å². The first-order valence-electron chi connectivity index (χ1n) is 9.30. The van der Waals surface area contributed by atoms with Gasteiger partial charge in [0, 0.05) is 31.2 Å². The summed E-state index contributed by atoms with van der Waals surface area (Å²) in [6.45, 7) is 4.87. The van der Waals surface area contributed by atoms with E-state index < -0.39 is 0 Å². The van der Waals surface area contributed by atoms with Crippen molar-refractivity contribution in [3.8, 4) is 0 Å². The van der Waals surface area contributed by atoms with Crippen LogP contribution in [0, 0.1) is 0 Å². The summed E-state index contributed by atoms with van der Waals surface area (Å²) in [6, 6.07) is 8.08. The molecule has 1 aromatic rings. The van der Waals surface area contributed by atoms with Gasteiger partial charge in [-0.1, -0.05) is 24.3 Å². The van der Waals surface area contributed by atoms with Crippen LogP contribution in [-0.4, -0.2) is 56.5 Å². The highest BCUT2D eigenvalue weighted by Gasteiger charge is 2.11. The lowest BCUT2D eigenvalue weighted by Gasteiger charge is -2.16. The van der Waals surface area contributed by atoms with Crippen LogP contribution in [0.15, 0.2) is 41.4 Å². The van der Waals surface area contributed by atoms with Gasteiger partial charge in [-0.2, -0.15) is 0 Å². The van der Waals surface area contributed by atoms with Crippen LogP contribution in [0.3, 0.4) is 0 Å². The molecule has 0 heterocycles. The first kappa shape index (κ1) is 23.4. The van der Waals surface area contributed by atoms with Crippen molar-refractivity contribution >= 4 is 35.8 Å². The molecule has 0 saturated heterocycles. The fraction of sp³-hybridized carbons (Fsp3) is 0.500. The van der Waals surface area contributed by atoms with Crippen LogP contribution in [0.1, 0.15) is 35.7 Å². The molecule has 0 bridgehead atoms. The van der Waals surface area contributed by atoms with Crippen molar-refractivity contribution in [3.05, 3.63) is 47.5 Å².